The Morgan fingerprint density at radius 1 is 1.44 bits per heavy atom. The number of amidine groups is 1. The highest BCUT2D eigenvalue weighted by Crippen LogP contribution is 2.27. The Morgan fingerprint density at radius 3 is 2.62 bits per heavy atom. The van der Waals surface area contributed by atoms with Crippen LogP contribution < -0.4 is 11.1 Å². The first-order valence-corrected chi connectivity index (χ1v) is 5.85. The fourth-order valence-corrected chi connectivity index (χ4v) is 2.05. The van der Waals surface area contributed by atoms with Gasteiger partial charge in [0.05, 0.1) is 6.42 Å². The summed E-state index contributed by atoms with van der Waals surface area (Å²) in [7, 11) is 0. The molecule has 4 N–H and O–H groups in total. The fourth-order valence-electron chi connectivity index (χ4n) is 2.05. The molecule has 1 saturated carbocycles. The van der Waals surface area contributed by atoms with E-state index in [2.05, 4.69) is 17.4 Å². The van der Waals surface area contributed by atoms with Gasteiger partial charge in [-0.25, -0.2) is 0 Å². The molecule has 1 rings (SSSR count). The van der Waals surface area contributed by atoms with Crippen LogP contribution in [0.3, 0.4) is 0 Å². The van der Waals surface area contributed by atoms with E-state index in [1.807, 2.05) is 0 Å². The molecule has 92 valence electrons. The van der Waals surface area contributed by atoms with E-state index < -0.39 is 0 Å². The van der Waals surface area contributed by atoms with E-state index in [1.165, 1.54) is 25.7 Å². The Hall–Kier alpha value is -1.26. The van der Waals surface area contributed by atoms with Gasteiger partial charge in [0.2, 0.25) is 5.91 Å². The van der Waals surface area contributed by atoms with Gasteiger partial charge in [0.15, 0.2) is 0 Å². The van der Waals surface area contributed by atoms with Gasteiger partial charge in [-0.2, -0.15) is 0 Å². The van der Waals surface area contributed by atoms with Crippen molar-refractivity contribution in [1.82, 2.24) is 5.32 Å². The second kappa shape index (κ2) is 6.35. The van der Waals surface area contributed by atoms with Gasteiger partial charge in [-0.3, -0.25) is 4.79 Å². The van der Waals surface area contributed by atoms with Crippen molar-refractivity contribution in [2.45, 2.75) is 39.0 Å². The van der Waals surface area contributed by atoms with Gasteiger partial charge in [-0.15, -0.1) is 0 Å². The zero-order valence-corrected chi connectivity index (χ0v) is 9.78. The van der Waals surface area contributed by atoms with E-state index >= 15 is 0 Å². The Morgan fingerprint density at radius 2 is 2.06 bits per heavy atom. The first-order chi connectivity index (χ1) is 7.61. The molecule has 1 amide bonds. The van der Waals surface area contributed by atoms with E-state index in [9.17, 15) is 4.79 Å². The summed E-state index contributed by atoms with van der Waals surface area (Å²) >= 11 is 0. The summed E-state index contributed by atoms with van der Waals surface area (Å²) < 4.78 is 0. The van der Waals surface area contributed by atoms with Gasteiger partial charge in [-0.05, 0) is 24.7 Å². The van der Waals surface area contributed by atoms with Crippen LogP contribution in [0.2, 0.25) is 0 Å². The van der Waals surface area contributed by atoms with Crippen molar-refractivity contribution >= 4 is 11.7 Å². The highest BCUT2D eigenvalue weighted by Gasteiger charge is 2.18. The molecule has 5 heteroatoms. The molecule has 0 heterocycles. The minimum atomic E-state index is -0.172. The number of nitrogens with one attached hydrogen (secondary N) is 1. The Bertz CT molecular complexity index is 258. The summed E-state index contributed by atoms with van der Waals surface area (Å²) in [6, 6.07) is 0. The minimum absolute atomic E-state index is 0.0282. The van der Waals surface area contributed by atoms with Crippen molar-refractivity contribution in [3.8, 4) is 0 Å². The summed E-state index contributed by atoms with van der Waals surface area (Å²) in [6.07, 6.45) is 4.84. The summed E-state index contributed by atoms with van der Waals surface area (Å²) in [5.41, 5.74) is 5.24. The molecule has 1 aliphatic rings. The molecule has 0 unspecified atom stereocenters. The molecule has 5 nitrogen and oxygen atoms in total. The van der Waals surface area contributed by atoms with Crippen LogP contribution in [-0.2, 0) is 4.79 Å². The summed E-state index contributed by atoms with van der Waals surface area (Å²) in [5.74, 6) is 1.19. The molecule has 0 aliphatic heterocycles. The molecule has 0 aromatic heterocycles. The van der Waals surface area contributed by atoms with Gasteiger partial charge in [0.1, 0.15) is 5.84 Å². The molecule has 0 bridgehead atoms. The minimum Gasteiger partial charge on any atom is -0.409 e. The Labute approximate surface area is 96.1 Å². The second-order valence-corrected chi connectivity index (χ2v) is 4.70. The molecule has 0 aromatic rings. The molecule has 1 fully saturated rings. The molecular formula is C11H21N3O2. The van der Waals surface area contributed by atoms with Crippen LogP contribution in [0.4, 0.5) is 0 Å². The number of amides is 1. The van der Waals surface area contributed by atoms with Crippen molar-refractivity contribution in [3.05, 3.63) is 0 Å². The molecular weight excluding hydrogens is 206 g/mol. The zero-order valence-electron chi connectivity index (χ0n) is 9.78. The maximum atomic E-state index is 11.3. The number of rotatable bonds is 4. The summed E-state index contributed by atoms with van der Waals surface area (Å²) in [4.78, 5) is 11.3. The molecule has 16 heavy (non-hydrogen) atoms. The quantitative estimate of drug-likeness (QED) is 0.290. The van der Waals surface area contributed by atoms with E-state index in [4.69, 9.17) is 10.9 Å². The lowest BCUT2D eigenvalue weighted by Crippen LogP contribution is -2.33. The first kappa shape index (κ1) is 12.8. The van der Waals surface area contributed by atoms with Crippen LogP contribution in [0, 0.1) is 11.8 Å². The maximum absolute atomic E-state index is 11.3. The molecule has 0 saturated heterocycles. The number of hydrogen-bond donors (Lipinski definition) is 3. The lowest BCUT2D eigenvalue weighted by Gasteiger charge is -2.26. The molecule has 0 spiro atoms. The lowest BCUT2D eigenvalue weighted by molar-refractivity contribution is -0.120. The molecule has 0 atom stereocenters. The lowest BCUT2D eigenvalue weighted by atomic mass is 9.83. The number of carbonyl (C=O) groups is 1. The summed E-state index contributed by atoms with van der Waals surface area (Å²) in [5, 5.41) is 13.9. The van der Waals surface area contributed by atoms with E-state index in [1.54, 1.807) is 0 Å². The topological polar surface area (TPSA) is 87.7 Å². The number of nitrogens with zero attached hydrogens (tertiary/aromatic N) is 1. The number of oxime groups is 1. The predicted molar refractivity (Wildman–Crippen MR) is 62.2 cm³/mol. The number of hydrogen-bond acceptors (Lipinski definition) is 3. The average Bonchev–Trinajstić information content (AvgIpc) is 2.28. The standard InChI is InChI=1S/C11H21N3O2/c1-8-2-4-9(5-3-8)7-13-11(15)6-10(12)14-16/h8-9,16H,2-7H2,1H3,(H2,12,14)(H,13,15). The third-order valence-corrected chi connectivity index (χ3v) is 3.19. The third kappa shape index (κ3) is 4.51. The van der Waals surface area contributed by atoms with Gasteiger partial charge in [-0.1, -0.05) is 24.9 Å². The number of carbonyl (C=O) groups excluding carboxylic acids is 1. The van der Waals surface area contributed by atoms with Gasteiger partial charge >= 0.3 is 0 Å². The van der Waals surface area contributed by atoms with Gasteiger partial charge in [0.25, 0.3) is 0 Å². The van der Waals surface area contributed by atoms with Crippen LogP contribution in [0.25, 0.3) is 0 Å². The van der Waals surface area contributed by atoms with Crippen molar-refractivity contribution in [1.29, 1.82) is 0 Å². The number of nitrogens with two attached hydrogens (primary N) is 1. The smallest absolute Gasteiger partial charge is 0.227 e. The second-order valence-electron chi connectivity index (χ2n) is 4.70. The van der Waals surface area contributed by atoms with Crippen molar-refractivity contribution in [2.24, 2.45) is 22.7 Å². The molecule has 1 aliphatic carbocycles. The van der Waals surface area contributed by atoms with Crippen molar-refractivity contribution in [3.63, 3.8) is 0 Å². The van der Waals surface area contributed by atoms with E-state index in [0.717, 1.165) is 5.92 Å². The van der Waals surface area contributed by atoms with Crippen LogP contribution in [-0.4, -0.2) is 23.5 Å². The molecule has 0 aromatic carbocycles. The van der Waals surface area contributed by atoms with Gasteiger partial charge in [0, 0.05) is 6.54 Å². The van der Waals surface area contributed by atoms with Crippen molar-refractivity contribution < 1.29 is 10.0 Å². The van der Waals surface area contributed by atoms with Crippen LogP contribution in [0.15, 0.2) is 5.16 Å². The van der Waals surface area contributed by atoms with E-state index in [0.29, 0.717) is 12.5 Å². The Kier molecular flexibility index (Phi) is 5.08. The first-order valence-electron chi connectivity index (χ1n) is 5.85. The average molecular weight is 227 g/mol. The summed E-state index contributed by atoms with van der Waals surface area (Å²) in [6.45, 7) is 2.98. The normalized spacial score (nSPS) is 26.4. The highest BCUT2D eigenvalue weighted by molar-refractivity contribution is 5.98. The highest BCUT2D eigenvalue weighted by atomic mass is 16.4. The third-order valence-electron chi connectivity index (χ3n) is 3.19. The Balaban J connectivity index is 2.17. The zero-order chi connectivity index (χ0) is 12.0. The largest absolute Gasteiger partial charge is 0.409 e. The van der Waals surface area contributed by atoms with Gasteiger partial charge < -0.3 is 16.3 Å². The van der Waals surface area contributed by atoms with Crippen LogP contribution in [0.1, 0.15) is 39.0 Å². The predicted octanol–water partition coefficient (Wildman–Crippen LogP) is 1.07. The fraction of sp³-hybridized carbons (Fsp3) is 0.818. The van der Waals surface area contributed by atoms with Crippen LogP contribution in [0.5, 0.6) is 0 Å². The van der Waals surface area contributed by atoms with E-state index in [-0.39, 0.29) is 18.2 Å². The van der Waals surface area contributed by atoms with Crippen molar-refractivity contribution in [2.75, 3.05) is 6.54 Å². The maximum Gasteiger partial charge on any atom is 0.227 e. The van der Waals surface area contributed by atoms with Crippen LogP contribution >= 0.6 is 0 Å². The monoisotopic (exact) mass is 227 g/mol. The molecule has 0 radical (unpaired) electrons. The SMILES string of the molecule is CC1CCC(CNC(=O)CC(N)=NO)CC1.